The quantitative estimate of drug-likeness (QED) is 0.453. The maximum absolute atomic E-state index is 5.98. The standard InChI is InChI=1S/C22H29N5O2/c1-16(29-21-12-8-7-11-20(21)28-4)15-25-22(23-3)24-13-14-27-17(2)26-18-9-5-6-10-19(18)27/h5-12,16H,13-15H2,1-4H3,(H2,23,24,25). The zero-order valence-corrected chi connectivity index (χ0v) is 17.5. The van der Waals surface area contributed by atoms with E-state index in [9.17, 15) is 0 Å². The minimum atomic E-state index is -0.0512. The summed E-state index contributed by atoms with van der Waals surface area (Å²) in [4.78, 5) is 8.90. The van der Waals surface area contributed by atoms with E-state index in [0.29, 0.717) is 6.54 Å². The van der Waals surface area contributed by atoms with Crippen LogP contribution in [-0.2, 0) is 6.54 Å². The molecule has 0 aliphatic rings. The second-order valence-corrected chi connectivity index (χ2v) is 6.76. The highest BCUT2D eigenvalue weighted by Gasteiger charge is 2.10. The number of aryl methyl sites for hydroxylation is 1. The first-order valence-electron chi connectivity index (χ1n) is 9.78. The number of fused-ring (bicyclic) bond motifs is 1. The number of ether oxygens (including phenoxy) is 2. The van der Waals surface area contributed by atoms with Gasteiger partial charge in [0.1, 0.15) is 11.9 Å². The summed E-state index contributed by atoms with van der Waals surface area (Å²) >= 11 is 0. The Labute approximate surface area is 171 Å². The summed E-state index contributed by atoms with van der Waals surface area (Å²) in [5, 5.41) is 6.66. The lowest BCUT2D eigenvalue weighted by atomic mass is 10.3. The van der Waals surface area contributed by atoms with Gasteiger partial charge < -0.3 is 24.7 Å². The maximum Gasteiger partial charge on any atom is 0.191 e. The van der Waals surface area contributed by atoms with Crippen molar-refractivity contribution in [3.63, 3.8) is 0 Å². The van der Waals surface area contributed by atoms with E-state index in [-0.39, 0.29) is 6.10 Å². The highest BCUT2D eigenvalue weighted by molar-refractivity contribution is 5.79. The van der Waals surface area contributed by atoms with Crippen molar-refractivity contribution < 1.29 is 9.47 Å². The van der Waals surface area contributed by atoms with Crippen molar-refractivity contribution in [2.24, 2.45) is 4.99 Å². The third kappa shape index (κ3) is 5.19. The largest absolute Gasteiger partial charge is 0.493 e. The van der Waals surface area contributed by atoms with Gasteiger partial charge in [-0.3, -0.25) is 4.99 Å². The molecule has 0 bridgehead atoms. The Morgan fingerprint density at radius 2 is 1.83 bits per heavy atom. The van der Waals surface area contributed by atoms with Gasteiger partial charge in [0.05, 0.1) is 24.7 Å². The van der Waals surface area contributed by atoms with Crippen LogP contribution in [0, 0.1) is 6.92 Å². The van der Waals surface area contributed by atoms with Crippen LogP contribution < -0.4 is 20.1 Å². The first-order chi connectivity index (χ1) is 14.1. The van der Waals surface area contributed by atoms with Crippen molar-refractivity contribution in [3.8, 4) is 11.5 Å². The number of benzene rings is 2. The molecule has 0 saturated carbocycles. The molecule has 0 radical (unpaired) electrons. The molecule has 1 heterocycles. The third-order valence-electron chi connectivity index (χ3n) is 4.65. The second-order valence-electron chi connectivity index (χ2n) is 6.76. The van der Waals surface area contributed by atoms with Crippen LogP contribution in [0.25, 0.3) is 11.0 Å². The monoisotopic (exact) mass is 395 g/mol. The molecule has 0 aliphatic heterocycles. The van der Waals surface area contributed by atoms with Gasteiger partial charge in [0.2, 0.25) is 0 Å². The van der Waals surface area contributed by atoms with E-state index in [4.69, 9.17) is 9.47 Å². The predicted molar refractivity (Wildman–Crippen MR) is 117 cm³/mol. The van der Waals surface area contributed by atoms with Gasteiger partial charge in [-0.15, -0.1) is 0 Å². The summed E-state index contributed by atoms with van der Waals surface area (Å²) in [6, 6.07) is 15.8. The summed E-state index contributed by atoms with van der Waals surface area (Å²) in [6.45, 7) is 6.20. The fourth-order valence-electron chi connectivity index (χ4n) is 3.20. The van der Waals surface area contributed by atoms with Gasteiger partial charge in [-0.2, -0.15) is 0 Å². The molecule has 0 aliphatic carbocycles. The number of aliphatic imine (C=N–C) groups is 1. The smallest absolute Gasteiger partial charge is 0.191 e. The van der Waals surface area contributed by atoms with Gasteiger partial charge in [0.15, 0.2) is 17.5 Å². The van der Waals surface area contributed by atoms with E-state index in [1.54, 1.807) is 14.2 Å². The van der Waals surface area contributed by atoms with Crippen molar-refractivity contribution in [1.82, 2.24) is 20.2 Å². The summed E-state index contributed by atoms with van der Waals surface area (Å²) in [7, 11) is 3.40. The Hall–Kier alpha value is -3.22. The Kier molecular flexibility index (Phi) is 6.94. The normalized spacial score (nSPS) is 12.6. The molecule has 154 valence electrons. The van der Waals surface area contributed by atoms with Gasteiger partial charge >= 0.3 is 0 Å². The zero-order valence-electron chi connectivity index (χ0n) is 17.5. The molecular formula is C22H29N5O2. The maximum atomic E-state index is 5.98. The average Bonchev–Trinajstić information content (AvgIpc) is 3.06. The van der Waals surface area contributed by atoms with Crippen molar-refractivity contribution in [1.29, 1.82) is 0 Å². The number of methoxy groups -OCH3 is 1. The number of aromatic nitrogens is 2. The van der Waals surface area contributed by atoms with Crippen LogP contribution in [-0.4, -0.2) is 48.9 Å². The Balaban J connectivity index is 1.48. The van der Waals surface area contributed by atoms with Gasteiger partial charge in [-0.1, -0.05) is 24.3 Å². The lowest BCUT2D eigenvalue weighted by molar-refractivity contribution is 0.213. The Morgan fingerprint density at radius 1 is 1.10 bits per heavy atom. The molecule has 0 spiro atoms. The fourth-order valence-corrected chi connectivity index (χ4v) is 3.20. The highest BCUT2D eigenvalue weighted by atomic mass is 16.5. The van der Waals surface area contributed by atoms with Crippen LogP contribution in [0.3, 0.4) is 0 Å². The van der Waals surface area contributed by atoms with E-state index in [2.05, 4.69) is 31.2 Å². The number of rotatable bonds is 8. The molecule has 7 heteroatoms. The van der Waals surface area contributed by atoms with Gasteiger partial charge in [-0.05, 0) is 38.1 Å². The van der Waals surface area contributed by atoms with Gasteiger partial charge in [-0.25, -0.2) is 4.98 Å². The first kappa shape index (κ1) is 20.5. The van der Waals surface area contributed by atoms with Crippen molar-refractivity contribution >= 4 is 17.0 Å². The lowest BCUT2D eigenvalue weighted by Gasteiger charge is -2.19. The van der Waals surface area contributed by atoms with E-state index in [1.807, 2.05) is 56.3 Å². The second kappa shape index (κ2) is 9.82. The van der Waals surface area contributed by atoms with E-state index in [0.717, 1.165) is 47.4 Å². The Bertz CT molecular complexity index is 967. The average molecular weight is 396 g/mol. The van der Waals surface area contributed by atoms with Crippen molar-refractivity contribution in [2.45, 2.75) is 26.5 Å². The van der Waals surface area contributed by atoms with Crippen LogP contribution in [0.15, 0.2) is 53.5 Å². The molecular weight excluding hydrogens is 366 g/mol. The highest BCUT2D eigenvalue weighted by Crippen LogP contribution is 2.26. The molecule has 7 nitrogen and oxygen atoms in total. The minimum absolute atomic E-state index is 0.0512. The number of nitrogens with zero attached hydrogens (tertiary/aromatic N) is 3. The number of hydrogen-bond acceptors (Lipinski definition) is 4. The summed E-state index contributed by atoms with van der Waals surface area (Å²) < 4.78 is 13.5. The summed E-state index contributed by atoms with van der Waals surface area (Å²) in [5.74, 6) is 3.21. The zero-order chi connectivity index (χ0) is 20.6. The minimum Gasteiger partial charge on any atom is -0.493 e. The van der Waals surface area contributed by atoms with Crippen molar-refractivity contribution in [3.05, 3.63) is 54.4 Å². The predicted octanol–water partition coefficient (Wildman–Crippen LogP) is 2.99. The molecule has 0 amide bonds. The van der Waals surface area contributed by atoms with Crippen LogP contribution in [0.1, 0.15) is 12.7 Å². The molecule has 0 saturated heterocycles. The SMILES string of the molecule is CN=C(NCCn1c(C)nc2ccccc21)NCC(C)Oc1ccccc1OC. The first-order valence-corrected chi connectivity index (χ1v) is 9.78. The summed E-state index contributed by atoms with van der Waals surface area (Å²) in [6.07, 6.45) is -0.0512. The van der Waals surface area contributed by atoms with E-state index in [1.165, 1.54) is 0 Å². The topological polar surface area (TPSA) is 72.7 Å². The van der Waals surface area contributed by atoms with Gasteiger partial charge in [0, 0.05) is 20.1 Å². The number of hydrogen-bond donors (Lipinski definition) is 2. The number of imidazole rings is 1. The third-order valence-corrected chi connectivity index (χ3v) is 4.65. The van der Waals surface area contributed by atoms with Crippen LogP contribution in [0.4, 0.5) is 0 Å². The molecule has 0 fully saturated rings. The molecule has 3 rings (SSSR count). The molecule has 2 aromatic carbocycles. The Morgan fingerprint density at radius 3 is 2.59 bits per heavy atom. The summed E-state index contributed by atoms with van der Waals surface area (Å²) in [5.41, 5.74) is 2.17. The van der Waals surface area contributed by atoms with Crippen LogP contribution in [0.5, 0.6) is 11.5 Å². The molecule has 2 N–H and O–H groups in total. The lowest BCUT2D eigenvalue weighted by Crippen LogP contribution is -2.42. The molecule has 1 aromatic heterocycles. The van der Waals surface area contributed by atoms with Crippen LogP contribution in [0.2, 0.25) is 0 Å². The molecule has 3 aromatic rings. The van der Waals surface area contributed by atoms with Gasteiger partial charge in [0.25, 0.3) is 0 Å². The number of para-hydroxylation sites is 4. The molecule has 29 heavy (non-hydrogen) atoms. The fraction of sp³-hybridized carbons (Fsp3) is 0.364. The van der Waals surface area contributed by atoms with E-state index >= 15 is 0 Å². The molecule has 1 unspecified atom stereocenters. The van der Waals surface area contributed by atoms with E-state index < -0.39 is 0 Å². The molecule has 1 atom stereocenters. The number of nitrogens with one attached hydrogen (secondary N) is 2. The number of guanidine groups is 1. The van der Waals surface area contributed by atoms with Crippen LogP contribution >= 0.6 is 0 Å². The van der Waals surface area contributed by atoms with Crippen molar-refractivity contribution in [2.75, 3.05) is 27.2 Å².